The van der Waals surface area contributed by atoms with Crippen molar-refractivity contribution in [3.63, 3.8) is 0 Å². The predicted octanol–water partition coefficient (Wildman–Crippen LogP) is 1.29. The van der Waals surface area contributed by atoms with Crippen molar-refractivity contribution in [2.24, 2.45) is 5.73 Å². The van der Waals surface area contributed by atoms with Crippen molar-refractivity contribution in [3.05, 3.63) is 0 Å². The van der Waals surface area contributed by atoms with E-state index in [4.69, 9.17) is 10.5 Å². The highest BCUT2D eigenvalue weighted by molar-refractivity contribution is 5.74. The van der Waals surface area contributed by atoms with Gasteiger partial charge in [0.05, 0.1) is 0 Å². The molecule has 6 heteroatoms. The molecule has 116 valence electrons. The largest absolute Gasteiger partial charge is 0.444 e. The Bertz CT molecular complexity index is 352. The minimum absolute atomic E-state index is 0.0674. The van der Waals surface area contributed by atoms with Crippen LogP contribution in [0.1, 0.15) is 53.4 Å². The van der Waals surface area contributed by atoms with Gasteiger partial charge in [-0.25, -0.2) is 4.79 Å². The van der Waals surface area contributed by atoms with Gasteiger partial charge in [0.1, 0.15) is 5.60 Å². The third-order valence-electron chi connectivity index (χ3n) is 3.18. The van der Waals surface area contributed by atoms with Crippen molar-refractivity contribution in [3.8, 4) is 0 Å². The molecule has 1 rings (SSSR count). The number of primary amides is 1. The number of rotatable bonds is 5. The van der Waals surface area contributed by atoms with Gasteiger partial charge in [0.15, 0.2) is 0 Å². The van der Waals surface area contributed by atoms with Gasteiger partial charge in [0, 0.05) is 24.5 Å². The number of amides is 2. The third-order valence-corrected chi connectivity index (χ3v) is 3.18. The molecule has 0 bridgehead atoms. The van der Waals surface area contributed by atoms with Gasteiger partial charge in [-0.3, -0.25) is 4.79 Å². The smallest absolute Gasteiger partial charge is 0.407 e. The SMILES string of the molecule is CC(CC(N)=O)NC1CCC(NC(=O)OC(C)(C)C)C1. The first-order valence-corrected chi connectivity index (χ1v) is 7.19. The molecule has 0 heterocycles. The fourth-order valence-corrected chi connectivity index (χ4v) is 2.50. The Morgan fingerprint density at radius 3 is 2.45 bits per heavy atom. The highest BCUT2D eigenvalue weighted by Crippen LogP contribution is 2.20. The summed E-state index contributed by atoms with van der Waals surface area (Å²) in [5, 5.41) is 6.26. The van der Waals surface area contributed by atoms with Crippen molar-refractivity contribution < 1.29 is 14.3 Å². The summed E-state index contributed by atoms with van der Waals surface area (Å²) < 4.78 is 5.24. The van der Waals surface area contributed by atoms with Crippen LogP contribution in [0.4, 0.5) is 4.79 Å². The normalized spacial score (nSPS) is 24.2. The number of hydrogen-bond acceptors (Lipinski definition) is 4. The summed E-state index contributed by atoms with van der Waals surface area (Å²) in [5.74, 6) is -0.300. The van der Waals surface area contributed by atoms with Gasteiger partial charge in [-0.2, -0.15) is 0 Å². The zero-order valence-corrected chi connectivity index (χ0v) is 12.9. The molecule has 1 fully saturated rings. The number of carbonyl (C=O) groups is 2. The highest BCUT2D eigenvalue weighted by Gasteiger charge is 2.28. The summed E-state index contributed by atoms with van der Waals surface area (Å²) in [5.41, 5.74) is 4.69. The maximum absolute atomic E-state index is 11.7. The molecule has 1 saturated carbocycles. The van der Waals surface area contributed by atoms with E-state index >= 15 is 0 Å². The van der Waals surface area contributed by atoms with Gasteiger partial charge in [-0.1, -0.05) is 0 Å². The molecular weight excluding hydrogens is 258 g/mol. The number of alkyl carbamates (subject to hydrolysis) is 1. The number of hydrogen-bond donors (Lipinski definition) is 3. The topological polar surface area (TPSA) is 93.5 Å². The van der Waals surface area contributed by atoms with Gasteiger partial charge in [-0.15, -0.1) is 0 Å². The van der Waals surface area contributed by atoms with Crippen LogP contribution in [0.15, 0.2) is 0 Å². The van der Waals surface area contributed by atoms with E-state index in [2.05, 4.69) is 10.6 Å². The minimum atomic E-state index is -0.476. The zero-order valence-electron chi connectivity index (χ0n) is 12.9. The van der Waals surface area contributed by atoms with E-state index < -0.39 is 5.60 Å². The minimum Gasteiger partial charge on any atom is -0.444 e. The van der Waals surface area contributed by atoms with Crippen LogP contribution in [-0.2, 0) is 9.53 Å². The lowest BCUT2D eigenvalue weighted by atomic mass is 10.1. The molecule has 0 saturated heterocycles. The fourth-order valence-electron chi connectivity index (χ4n) is 2.50. The summed E-state index contributed by atoms with van der Waals surface area (Å²) in [4.78, 5) is 22.5. The molecule has 1 aliphatic rings. The highest BCUT2D eigenvalue weighted by atomic mass is 16.6. The molecule has 3 unspecified atom stereocenters. The van der Waals surface area contributed by atoms with Crippen molar-refractivity contribution in [2.45, 2.75) is 77.1 Å². The van der Waals surface area contributed by atoms with Crippen molar-refractivity contribution in [2.75, 3.05) is 0 Å². The quantitative estimate of drug-likeness (QED) is 0.709. The maximum atomic E-state index is 11.7. The molecule has 0 aromatic heterocycles. The van der Waals surface area contributed by atoms with Crippen LogP contribution in [0, 0.1) is 0 Å². The zero-order chi connectivity index (χ0) is 15.3. The molecule has 0 aromatic carbocycles. The molecule has 1 aliphatic carbocycles. The van der Waals surface area contributed by atoms with Gasteiger partial charge in [0.25, 0.3) is 0 Å². The molecule has 0 spiro atoms. The van der Waals surface area contributed by atoms with Crippen LogP contribution in [0.3, 0.4) is 0 Å². The molecule has 0 aromatic rings. The van der Waals surface area contributed by atoms with E-state index in [1.54, 1.807) is 0 Å². The Labute approximate surface area is 120 Å². The molecular formula is C14H27N3O3. The summed E-state index contributed by atoms with van der Waals surface area (Å²) in [6, 6.07) is 0.505. The first-order valence-electron chi connectivity index (χ1n) is 7.19. The average molecular weight is 285 g/mol. The molecule has 3 atom stereocenters. The van der Waals surface area contributed by atoms with Gasteiger partial charge < -0.3 is 21.1 Å². The van der Waals surface area contributed by atoms with E-state index in [1.165, 1.54) is 0 Å². The van der Waals surface area contributed by atoms with E-state index in [0.29, 0.717) is 12.5 Å². The second-order valence-electron chi connectivity index (χ2n) is 6.59. The first-order chi connectivity index (χ1) is 9.15. The average Bonchev–Trinajstić information content (AvgIpc) is 2.60. The summed E-state index contributed by atoms with van der Waals surface area (Å²) >= 11 is 0. The van der Waals surface area contributed by atoms with Crippen LogP contribution in [0.25, 0.3) is 0 Å². The molecule has 6 nitrogen and oxygen atoms in total. The van der Waals surface area contributed by atoms with Gasteiger partial charge in [0.2, 0.25) is 5.91 Å². The van der Waals surface area contributed by atoms with Gasteiger partial charge in [-0.05, 0) is 47.0 Å². The van der Waals surface area contributed by atoms with Crippen LogP contribution in [0.5, 0.6) is 0 Å². The van der Waals surface area contributed by atoms with Crippen LogP contribution in [-0.4, -0.2) is 35.7 Å². The third kappa shape index (κ3) is 6.75. The Kier molecular flexibility index (Phi) is 5.80. The lowest BCUT2D eigenvalue weighted by Gasteiger charge is -2.22. The standard InChI is InChI=1S/C14H27N3O3/c1-9(7-12(15)18)16-10-5-6-11(8-10)17-13(19)20-14(2,3)4/h9-11,16H,5-8H2,1-4H3,(H2,15,18)(H,17,19). The summed E-state index contributed by atoms with van der Waals surface area (Å²) in [7, 11) is 0. The van der Waals surface area contributed by atoms with E-state index in [9.17, 15) is 9.59 Å². The lowest BCUT2D eigenvalue weighted by molar-refractivity contribution is -0.118. The Balaban J connectivity index is 2.29. The number of nitrogens with two attached hydrogens (primary N) is 1. The maximum Gasteiger partial charge on any atom is 0.407 e. The number of nitrogens with one attached hydrogen (secondary N) is 2. The summed E-state index contributed by atoms with van der Waals surface area (Å²) in [6.45, 7) is 7.48. The van der Waals surface area contributed by atoms with Crippen molar-refractivity contribution in [1.29, 1.82) is 0 Å². The van der Waals surface area contributed by atoms with Crippen LogP contribution in [0.2, 0.25) is 0 Å². The second-order valence-corrected chi connectivity index (χ2v) is 6.59. The Morgan fingerprint density at radius 2 is 1.90 bits per heavy atom. The number of carbonyl (C=O) groups excluding carboxylic acids is 2. The van der Waals surface area contributed by atoms with Crippen molar-refractivity contribution >= 4 is 12.0 Å². The van der Waals surface area contributed by atoms with E-state index in [0.717, 1.165) is 19.3 Å². The Hall–Kier alpha value is -1.30. The first kappa shape index (κ1) is 16.8. The lowest BCUT2D eigenvalue weighted by Crippen LogP contribution is -2.41. The predicted molar refractivity (Wildman–Crippen MR) is 77.2 cm³/mol. The number of ether oxygens (including phenoxy) is 1. The van der Waals surface area contributed by atoms with E-state index in [-0.39, 0.29) is 24.1 Å². The Morgan fingerprint density at radius 1 is 1.30 bits per heavy atom. The molecule has 0 radical (unpaired) electrons. The fraction of sp³-hybridized carbons (Fsp3) is 0.857. The monoisotopic (exact) mass is 285 g/mol. The van der Waals surface area contributed by atoms with Gasteiger partial charge >= 0.3 is 6.09 Å². The molecule has 0 aliphatic heterocycles. The van der Waals surface area contributed by atoms with Crippen LogP contribution >= 0.6 is 0 Å². The second kappa shape index (κ2) is 6.92. The van der Waals surface area contributed by atoms with Crippen molar-refractivity contribution in [1.82, 2.24) is 10.6 Å². The summed E-state index contributed by atoms with van der Waals surface area (Å²) in [6.07, 6.45) is 2.71. The molecule has 2 amide bonds. The molecule has 4 N–H and O–H groups in total. The van der Waals surface area contributed by atoms with E-state index in [1.807, 2.05) is 27.7 Å². The van der Waals surface area contributed by atoms with Crippen LogP contribution < -0.4 is 16.4 Å². The molecule has 20 heavy (non-hydrogen) atoms.